The van der Waals surface area contributed by atoms with Crippen molar-refractivity contribution in [3.63, 3.8) is 0 Å². The van der Waals surface area contributed by atoms with Gasteiger partial charge in [-0.25, -0.2) is 0 Å². The molecule has 0 aromatic heterocycles. The molecule has 0 spiro atoms. The lowest BCUT2D eigenvalue weighted by atomic mass is 10.4. The smallest absolute Gasteiger partial charge is 0.272 e. The largest absolute Gasteiger partial charge is 0.483 e. The average Bonchev–Trinajstić information content (AvgIpc) is 2.05. The number of rotatable bonds is 1. The van der Waals surface area contributed by atoms with Gasteiger partial charge in [-0.05, 0) is 18.1 Å². The van der Waals surface area contributed by atoms with Crippen LogP contribution in [0.25, 0.3) is 0 Å². The summed E-state index contributed by atoms with van der Waals surface area (Å²) < 4.78 is 9.69. The van der Waals surface area contributed by atoms with Crippen LogP contribution in [0.1, 0.15) is 0 Å². The Morgan fingerprint density at radius 1 is 1.82 bits per heavy atom. The predicted octanol–water partition coefficient (Wildman–Crippen LogP) is 1.45. The lowest BCUT2D eigenvalue weighted by molar-refractivity contribution is 0.264. The summed E-state index contributed by atoms with van der Waals surface area (Å²) in [7, 11) is -1.44. The maximum absolute atomic E-state index is 9.43. The molecular weight excluding hydrogens is 163 g/mol. The summed E-state index contributed by atoms with van der Waals surface area (Å²) in [6, 6.07) is 0. The van der Waals surface area contributed by atoms with Crippen molar-refractivity contribution in [1.29, 1.82) is 0 Å². The van der Waals surface area contributed by atoms with E-state index < -0.39 is 7.94 Å². The van der Waals surface area contributed by atoms with Gasteiger partial charge in [0.25, 0.3) is 0 Å². The van der Waals surface area contributed by atoms with Crippen molar-refractivity contribution in [3.05, 3.63) is 23.7 Å². The molecule has 1 heterocycles. The van der Waals surface area contributed by atoms with Crippen molar-refractivity contribution in [2.75, 3.05) is 7.11 Å². The highest BCUT2D eigenvalue weighted by Crippen LogP contribution is 2.60. The zero-order valence-corrected chi connectivity index (χ0v) is 6.91. The molecule has 1 aliphatic rings. The number of hydrogen-bond acceptors (Lipinski definition) is 3. The third-order valence-electron chi connectivity index (χ3n) is 1.16. The Bertz CT molecular complexity index is 251. The van der Waals surface area contributed by atoms with Crippen LogP contribution in [0.2, 0.25) is 0 Å². The monoisotopic (exact) mass is 171 g/mol. The van der Waals surface area contributed by atoms with Gasteiger partial charge in [0.1, 0.15) is 0 Å². The minimum Gasteiger partial charge on any atom is -0.272 e. The van der Waals surface area contributed by atoms with Crippen LogP contribution in [-0.4, -0.2) is 12.0 Å². The van der Waals surface area contributed by atoms with Crippen molar-refractivity contribution in [3.8, 4) is 12.3 Å². The van der Waals surface area contributed by atoms with Gasteiger partial charge in [-0.3, -0.25) is 4.52 Å². The normalized spacial score (nSPS) is 28.6. The van der Waals surface area contributed by atoms with E-state index in [-0.39, 0.29) is 0 Å². The molecule has 1 N–H and O–H groups in total. The molecule has 0 saturated carbocycles. The highest BCUT2D eigenvalue weighted by atomic mass is 31.2. The highest BCUT2D eigenvalue weighted by Gasteiger charge is 2.40. The lowest BCUT2D eigenvalue weighted by Crippen LogP contribution is -1.99. The summed E-state index contributed by atoms with van der Waals surface area (Å²) in [5, 5.41) is 0. The Hall–Kier alpha value is -0.810. The Labute approximate surface area is 65.9 Å². The molecule has 1 aliphatic heterocycles. The fourth-order valence-electron chi connectivity index (χ4n) is 0.614. The van der Waals surface area contributed by atoms with Gasteiger partial charge in [-0.15, -0.1) is 6.42 Å². The molecule has 0 radical (unpaired) electrons. The van der Waals surface area contributed by atoms with Crippen molar-refractivity contribution >= 4 is 7.94 Å². The second-order valence-electron chi connectivity index (χ2n) is 1.85. The van der Waals surface area contributed by atoms with Crippen LogP contribution < -0.4 is 0 Å². The van der Waals surface area contributed by atoms with Crippen molar-refractivity contribution in [2.45, 2.75) is 0 Å². The van der Waals surface area contributed by atoms with E-state index in [0.717, 1.165) is 0 Å². The molecule has 0 saturated heterocycles. The van der Waals surface area contributed by atoms with Crippen molar-refractivity contribution in [1.82, 2.24) is 0 Å². The zero-order chi connectivity index (χ0) is 8.32. The molecule has 0 bridgehead atoms. The summed E-state index contributed by atoms with van der Waals surface area (Å²) in [6.45, 7) is 0. The molecule has 58 valence electrons. The second kappa shape index (κ2) is 3.06. The predicted molar refractivity (Wildman–Crippen MR) is 43.3 cm³/mol. The molecule has 0 fully saturated rings. The zero-order valence-electron chi connectivity index (χ0n) is 6.02. The first-order chi connectivity index (χ1) is 5.20. The van der Waals surface area contributed by atoms with Crippen LogP contribution in [0.15, 0.2) is 23.7 Å². The van der Waals surface area contributed by atoms with Crippen molar-refractivity contribution in [2.24, 2.45) is 0 Å². The third-order valence-corrected chi connectivity index (χ3v) is 2.69. The molecule has 0 amide bonds. The van der Waals surface area contributed by atoms with E-state index in [1.54, 1.807) is 12.2 Å². The highest BCUT2D eigenvalue weighted by molar-refractivity contribution is 7.64. The molecular formula is C7H8O3P+. The van der Waals surface area contributed by atoms with Gasteiger partial charge in [0, 0.05) is 0 Å². The van der Waals surface area contributed by atoms with Crippen LogP contribution in [-0.2, 0) is 9.05 Å². The molecule has 3 nitrogen and oxygen atoms in total. The van der Waals surface area contributed by atoms with Crippen molar-refractivity contribution < 1.29 is 13.9 Å². The van der Waals surface area contributed by atoms with E-state index in [9.17, 15) is 4.89 Å². The Morgan fingerprint density at radius 3 is 3.09 bits per heavy atom. The fourth-order valence-corrected chi connectivity index (χ4v) is 1.57. The average molecular weight is 171 g/mol. The number of hydrogen-bond donors (Lipinski definition) is 1. The third kappa shape index (κ3) is 1.81. The van der Waals surface area contributed by atoms with Gasteiger partial charge in [0.05, 0.1) is 7.11 Å². The Morgan fingerprint density at radius 2 is 2.55 bits per heavy atom. The van der Waals surface area contributed by atoms with Crippen LogP contribution in [0.3, 0.4) is 0 Å². The van der Waals surface area contributed by atoms with Gasteiger partial charge in [0.2, 0.25) is 5.76 Å². The Balaban J connectivity index is 2.78. The second-order valence-corrected chi connectivity index (χ2v) is 3.83. The van der Waals surface area contributed by atoms with Gasteiger partial charge < -0.3 is 0 Å². The standard InChI is InChI=1S/C7H8O3P/c1-3-7-5-4-6-11(8,9-2)10-7/h1,4-6,8H,2H3/q+1. The molecule has 1 rings (SSSR count). The lowest BCUT2D eigenvalue weighted by Gasteiger charge is -2.12. The first-order valence-corrected chi connectivity index (χ1v) is 4.58. The molecule has 1 unspecified atom stereocenters. The van der Waals surface area contributed by atoms with Crippen LogP contribution in [0, 0.1) is 12.3 Å². The fraction of sp³-hybridized carbons (Fsp3) is 0.143. The van der Waals surface area contributed by atoms with Crippen LogP contribution >= 0.6 is 7.94 Å². The number of allylic oxidation sites excluding steroid dienone is 3. The molecule has 4 heteroatoms. The topological polar surface area (TPSA) is 38.7 Å². The van der Waals surface area contributed by atoms with E-state index in [1.807, 2.05) is 0 Å². The molecule has 0 aromatic carbocycles. The summed E-state index contributed by atoms with van der Waals surface area (Å²) in [4.78, 5) is 9.43. The van der Waals surface area contributed by atoms with E-state index in [4.69, 9.17) is 15.5 Å². The maximum atomic E-state index is 9.43. The van der Waals surface area contributed by atoms with Crippen LogP contribution in [0.4, 0.5) is 0 Å². The minimum absolute atomic E-state index is 0.296. The first-order valence-electron chi connectivity index (χ1n) is 2.93. The van der Waals surface area contributed by atoms with Gasteiger partial charge in [-0.2, -0.15) is 9.42 Å². The first kappa shape index (κ1) is 8.29. The van der Waals surface area contributed by atoms with Gasteiger partial charge in [-0.1, -0.05) is 0 Å². The molecule has 1 atom stereocenters. The van der Waals surface area contributed by atoms with E-state index in [2.05, 4.69) is 5.92 Å². The minimum atomic E-state index is -2.81. The Kier molecular flexibility index (Phi) is 2.31. The van der Waals surface area contributed by atoms with Gasteiger partial charge in [0.15, 0.2) is 5.82 Å². The molecule has 0 aliphatic carbocycles. The number of terminal acetylenes is 1. The summed E-state index contributed by atoms with van der Waals surface area (Å²) in [5.74, 6) is 4.03. The quantitative estimate of drug-likeness (QED) is 0.479. The maximum Gasteiger partial charge on any atom is 0.483 e. The van der Waals surface area contributed by atoms with E-state index in [1.165, 1.54) is 12.9 Å². The summed E-state index contributed by atoms with van der Waals surface area (Å²) >= 11 is 0. The molecule has 11 heavy (non-hydrogen) atoms. The summed E-state index contributed by atoms with van der Waals surface area (Å²) in [6.07, 6.45) is 8.26. The SMILES string of the molecule is C#CC1=CC=C[P+](O)(OC)O1. The molecule has 0 aromatic rings. The van der Waals surface area contributed by atoms with Gasteiger partial charge >= 0.3 is 7.94 Å². The van der Waals surface area contributed by atoms with Crippen LogP contribution in [0.5, 0.6) is 0 Å². The summed E-state index contributed by atoms with van der Waals surface area (Å²) in [5.41, 5.74) is 0. The van der Waals surface area contributed by atoms with E-state index in [0.29, 0.717) is 5.76 Å². The van der Waals surface area contributed by atoms with E-state index >= 15 is 0 Å².